The van der Waals surface area contributed by atoms with Crippen molar-refractivity contribution in [2.24, 2.45) is 0 Å². The molecule has 0 radical (unpaired) electrons. The molecule has 0 aliphatic heterocycles. The lowest BCUT2D eigenvalue weighted by atomic mass is 9.89. The molecule has 0 spiro atoms. The highest BCUT2D eigenvalue weighted by molar-refractivity contribution is 5.76. The Morgan fingerprint density at radius 2 is 1.84 bits per heavy atom. The number of rotatable bonds is 7. The number of aryl methyl sites for hydroxylation is 2. The Labute approximate surface area is 150 Å². The summed E-state index contributed by atoms with van der Waals surface area (Å²) in [6.07, 6.45) is 6.14. The largest absolute Gasteiger partial charge is 0.494 e. The number of amides is 1. The number of benzene rings is 2. The van der Waals surface area contributed by atoms with Gasteiger partial charge in [-0.3, -0.25) is 4.79 Å². The summed E-state index contributed by atoms with van der Waals surface area (Å²) in [6, 6.07) is 16.4. The molecule has 2 aromatic carbocycles. The summed E-state index contributed by atoms with van der Waals surface area (Å²) in [4.78, 5) is 12.2. The molecule has 0 unspecified atom stereocenters. The summed E-state index contributed by atoms with van der Waals surface area (Å²) in [5, 5.41) is 3.11. The SMILES string of the molecule is C[C@@H](NC(=O)CCCOc1ccccc1)c1ccc2c(c1)CCCC2. The maximum absolute atomic E-state index is 12.2. The van der Waals surface area contributed by atoms with Gasteiger partial charge in [-0.05, 0) is 67.9 Å². The maximum atomic E-state index is 12.2. The number of fused-ring (bicyclic) bond motifs is 1. The van der Waals surface area contributed by atoms with Crippen molar-refractivity contribution >= 4 is 5.91 Å². The van der Waals surface area contributed by atoms with Gasteiger partial charge in [0.15, 0.2) is 0 Å². The zero-order valence-corrected chi connectivity index (χ0v) is 15.0. The Kier molecular flexibility index (Phi) is 6.10. The van der Waals surface area contributed by atoms with Gasteiger partial charge in [-0.25, -0.2) is 0 Å². The first-order valence-electron chi connectivity index (χ1n) is 9.31. The first-order valence-corrected chi connectivity index (χ1v) is 9.31. The Morgan fingerprint density at radius 3 is 2.64 bits per heavy atom. The van der Waals surface area contributed by atoms with Gasteiger partial charge in [0.25, 0.3) is 0 Å². The maximum Gasteiger partial charge on any atom is 0.220 e. The third kappa shape index (κ3) is 5.09. The summed E-state index contributed by atoms with van der Waals surface area (Å²) in [6.45, 7) is 2.62. The summed E-state index contributed by atoms with van der Waals surface area (Å²) < 4.78 is 5.63. The molecule has 2 aromatic rings. The third-order valence-corrected chi connectivity index (χ3v) is 4.81. The second-order valence-electron chi connectivity index (χ2n) is 6.79. The monoisotopic (exact) mass is 337 g/mol. The zero-order valence-electron chi connectivity index (χ0n) is 15.0. The van der Waals surface area contributed by atoms with Gasteiger partial charge in [-0.15, -0.1) is 0 Å². The van der Waals surface area contributed by atoms with Crippen LogP contribution in [0.5, 0.6) is 5.75 Å². The minimum atomic E-state index is 0.0507. The van der Waals surface area contributed by atoms with Crippen LogP contribution in [0.2, 0.25) is 0 Å². The molecule has 3 nitrogen and oxygen atoms in total. The van der Waals surface area contributed by atoms with Crippen molar-refractivity contribution in [3.63, 3.8) is 0 Å². The van der Waals surface area contributed by atoms with E-state index in [-0.39, 0.29) is 11.9 Å². The Balaban J connectivity index is 1.43. The molecule has 0 aromatic heterocycles. The van der Waals surface area contributed by atoms with Gasteiger partial charge in [0.2, 0.25) is 5.91 Å². The van der Waals surface area contributed by atoms with E-state index in [1.165, 1.54) is 42.4 Å². The van der Waals surface area contributed by atoms with E-state index >= 15 is 0 Å². The molecular formula is C22H27NO2. The van der Waals surface area contributed by atoms with Gasteiger partial charge in [-0.2, -0.15) is 0 Å². The van der Waals surface area contributed by atoms with Gasteiger partial charge in [0.05, 0.1) is 12.6 Å². The van der Waals surface area contributed by atoms with Crippen LogP contribution in [0.4, 0.5) is 0 Å². The molecular weight excluding hydrogens is 310 g/mol. The minimum Gasteiger partial charge on any atom is -0.494 e. The van der Waals surface area contributed by atoms with Crippen LogP contribution in [0.25, 0.3) is 0 Å². The van der Waals surface area contributed by atoms with Crippen LogP contribution < -0.4 is 10.1 Å². The molecule has 1 amide bonds. The highest BCUT2D eigenvalue weighted by Gasteiger charge is 2.14. The lowest BCUT2D eigenvalue weighted by Crippen LogP contribution is -2.27. The second-order valence-corrected chi connectivity index (χ2v) is 6.79. The van der Waals surface area contributed by atoms with E-state index in [9.17, 15) is 4.79 Å². The first-order chi connectivity index (χ1) is 12.2. The highest BCUT2D eigenvalue weighted by Crippen LogP contribution is 2.24. The summed E-state index contributed by atoms with van der Waals surface area (Å²) in [5.41, 5.74) is 4.14. The predicted molar refractivity (Wildman–Crippen MR) is 101 cm³/mol. The van der Waals surface area contributed by atoms with Crippen LogP contribution >= 0.6 is 0 Å². The van der Waals surface area contributed by atoms with Crippen LogP contribution in [-0.4, -0.2) is 12.5 Å². The van der Waals surface area contributed by atoms with Crippen LogP contribution in [0.15, 0.2) is 48.5 Å². The van der Waals surface area contributed by atoms with E-state index in [0.29, 0.717) is 13.0 Å². The van der Waals surface area contributed by atoms with E-state index in [4.69, 9.17) is 4.74 Å². The average Bonchev–Trinajstić information content (AvgIpc) is 2.65. The number of carbonyl (C=O) groups excluding carboxylic acids is 1. The lowest BCUT2D eigenvalue weighted by molar-refractivity contribution is -0.121. The fourth-order valence-corrected chi connectivity index (χ4v) is 3.36. The predicted octanol–water partition coefficient (Wildman–Crippen LogP) is 4.60. The number of carbonyl (C=O) groups is 1. The van der Waals surface area contributed by atoms with E-state index in [1.807, 2.05) is 30.3 Å². The fraction of sp³-hybridized carbons (Fsp3) is 0.409. The van der Waals surface area contributed by atoms with Crippen molar-refractivity contribution in [2.45, 2.75) is 51.5 Å². The van der Waals surface area contributed by atoms with E-state index in [0.717, 1.165) is 12.2 Å². The van der Waals surface area contributed by atoms with Crippen molar-refractivity contribution < 1.29 is 9.53 Å². The lowest BCUT2D eigenvalue weighted by Gasteiger charge is -2.20. The van der Waals surface area contributed by atoms with Gasteiger partial charge in [-0.1, -0.05) is 36.4 Å². The van der Waals surface area contributed by atoms with Gasteiger partial charge >= 0.3 is 0 Å². The van der Waals surface area contributed by atoms with Gasteiger partial charge in [0, 0.05) is 6.42 Å². The number of hydrogen-bond acceptors (Lipinski definition) is 2. The molecule has 3 heteroatoms. The third-order valence-electron chi connectivity index (χ3n) is 4.81. The molecule has 0 heterocycles. The molecule has 1 aliphatic carbocycles. The van der Waals surface area contributed by atoms with Crippen molar-refractivity contribution in [2.75, 3.05) is 6.61 Å². The van der Waals surface area contributed by atoms with Crippen molar-refractivity contribution in [3.05, 3.63) is 65.2 Å². The molecule has 1 atom stereocenters. The highest BCUT2D eigenvalue weighted by atomic mass is 16.5. The van der Waals surface area contributed by atoms with Gasteiger partial charge in [0.1, 0.15) is 5.75 Å². The number of nitrogens with one attached hydrogen (secondary N) is 1. The Bertz CT molecular complexity index is 696. The topological polar surface area (TPSA) is 38.3 Å². The van der Waals surface area contributed by atoms with Crippen LogP contribution in [0.1, 0.15) is 55.3 Å². The number of ether oxygens (including phenoxy) is 1. The molecule has 1 N–H and O–H groups in total. The molecule has 25 heavy (non-hydrogen) atoms. The van der Waals surface area contributed by atoms with E-state index in [1.54, 1.807) is 0 Å². The Hall–Kier alpha value is -2.29. The second kappa shape index (κ2) is 8.70. The van der Waals surface area contributed by atoms with Gasteiger partial charge < -0.3 is 10.1 Å². The summed E-state index contributed by atoms with van der Waals surface area (Å²) in [7, 11) is 0. The number of para-hydroxylation sites is 1. The fourth-order valence-electron chi connectivity index (χ4n) is 3.36. The zero-order chi connectivity index (χ0) is 17.5. The average molecular weight is 337 g/mol. The summed E-state index contributed by atoms with van der Waals surface area (Å²) >= 11 is 0. The summed E-state index contributed by atoms with van der Waals surface area (Å²) in [5.74, 6) is 0.937. The molecule has 1 aliphatic rings. The normalized spacial score (nSPS) is 14.4. The molecule has 132 valence electrons. The first kappa shape index (κ1) is 17.5. The van der Waals surface area contributed by atoms with Crippen LogP contribution in [-0.2, 0) is 17.6 Å². The molecule has 0 saturated carbocycles. The van der Waals surface area contributed by atoms with Crippen molar-refractivity contribution in [3.8, 4) is 5.75 Å². The van der Waals surface area contributed by atoms with E-state index < -0.39 is 0 Å². The molecule has 0 fully saturated rings. The Morgan fingerprint density at radius 1 is 1.08 bits per heavy atom. The van der Waals surface area contributed by atoms with Crippen LogP contribution in [0, 0.1) is 0 Å². The van der Waals surface area contributed by atoms with Crippen LogP contribution in [0.3, 0.4) is 0 Å². The smallest absolute Gasteiger partial charge is 0.220 e. The molecule has 3 rings (SSSR count). The molecule has 0 saturated heterocycles. The standard InChI is InChI=1S/C22H27NO2/c1-17(19-14-13-18-8-5-6-9-20(18)16-19)23-22(24)12-7-15-25-21-10-3-2-4-11-21/h2-4,10-11,13-14,16-17H,5-9,12,15H2,1H3,(H,23,24)/t17-/m1/s1. The minimum absolute atomic E-state index is 0.0507. The van der Waals surface area contributed by atoms with E-state index in [2.05, 4.69) is 30.4 Å². The molecule has 0 bridgehead atoms. The number of hydrogen-bond donors (Lipinski definition) is 1. The quantitative estimate of drug-likeness (QED) is 0.750. The van der Waals surface area contributed by atoms with Crippen molar-refractivity contribution in [1.29, 1.82) is 0 Å². The van der Waals surface area contributed by atoms with Crippen molar-refractivity contribution in [1.82, 2.24) is 5.32 Å².